The Kier molecular flexibility index (Phi) is 5.05. The molecule has 0 aliphatic carbocycles. The van der Waals surface area contributed by atoms with Crippen LogP contribution < -0.4 is 5.32 Å². The average molecular weight is 328 g/mol. The van der Waals surface area contributed by atoms with E-state index in [0.29, 0.717) is 12.6 Å². The Morgan fingerprint density at radius 2 is 2.16 bits per heavy atom. The SMILES string of the molecule is CCn1cc(Br)cc1C(=O)NCC(C)N1CCCC1. The third-order valence-electron chi connectivity index (χ3n) is 3.76. The molecule has 5 heteroatoms. The fraction of sp³-hybridized carbons (Fsp3) is 0.643. The Morgan fingerprint density at radius 1 is 1.47 bits per heavy atom. The second-order valence-electron chi connectivity index (χ2n) is 5.13. The number of likely N-dealkylation sites (tertiary alicyclic amines) is 1. The number of halogens is 1. The van der Waals surface area contributed by atoms with Gasteiger partial charge in [0, 0.05) is 29.8 Å². The standard InChI is InChI=1S/C14H22BrN3O/c1-3-17-10-12(15)8-13(17)14(19)16-9-11(2)18-6-4-5-7-18/h8,10-11H,3-7,9H2,1-2H3,(H,16,19). The van der Waals surface area contributed by atoms with Crippen molar-refractivity contribution in [1.29, 1.82) is 0 Å². The minimum absolute atomic E-state index is 0.0126. The lowest BCUT2D eigenvalue weighted by Gasteiger charge is -2.23. The highest BCUT2D eigenvalue weighted by Gasteiger charge is 2.19. The van der Waals surface area contributed by atoms with E-state index in [9.17, 15) is 4.79 Å². The number of rotatable bonds is 5. The summed E-state index contributed by atoms with van der Waals surface area (Å²) in [5.41, 5.74) is 0.725. The molecular weight excluding hydrogens is 306 g/mol. The summed E-state index contributed by atoms with van der Waals surface area (Å²) in [6.07, 6.45) is 4.51. The van der Waals surface area contributed by atoms with Crippen LogP contribution in [0.1, 0.15) is 37.2 Å². The Balaban J connectivity index is 1.89. The fourth-order valence-corrected chi connectivity index (χ4v) is 3.03. The molecule has 1 atom stereocenters. The zero-order valence-corrected chi connectivity index (χ0v) is 13.2. The van der Waals surface area contributed by atoms with Crippen LogP contribution in [-0.4, -0.2) is 41.1 Å². The van der Waals surface area contributed by atoms with Gasteiger partial charge in [0.15, 0.2) is 0 Å². The van der Waals surface area contributed by atoms with E-state index in [4.69, 9.17) is 0 Å². The van der Waals surface area contributed by atoms with E-state index in [2.05, 4.69) is 33.1 Å². The van der Waals surface area contributed by atoms with Crippen LogP contribution >= 0.6 is 15.9 Å². The second kappa shape index (κ2) is 6.57. The zero-order chi connectivity index (χ0) is 13.8. The van der Waals surface area contributed by atoms with Crippen molar-refractivity contribution in [2.24, 2.45) is 0 Å². The number of hydrogen-bond donors (Lipinski definition) is 1. The lowest BCUT2D eigenvalue weighted by atomic mass is 10.3. The predicted octanol–water partition coefficient (Wildman–Crippen LogP) is 2.48. The Labute approximate surface area is 123 Å². The van der Waals surface area contributed by atoms with Crippen molar-refractivity contribution < 1.29 is 4.79 Å². The van der Waals surface area contributed by atoms with Crippen LogP contribution in [0.25, 0.3) is 0 Å². The van der Waals surface area contributed by atoms with Crippen molar-refractivity contribution in [3.8, 4) is 0 Å². The Hall–Kier alpha value is -0.810. The first-order valence-electron chi connectivity index (χ1n) is 6.99. The van der Waals surface area contributed by atoms with Crippen LogP contribution in [0.5, 0.6) is 0 Å². The Morgan fingerprint density at radius 3 is 2.79 bits per heavy atom. The maximum Gasteiger partial charge on any atom is 0.267 e. The van der Waals surface area contributed by atoms with Gasteiger partial charge < -0.3 is 9.88 Å². The first-order valence-corrected chi connectivity index (χ1v) is 7.79. The molecule has 1 N–H and O–H groups in total. The molecule has 1 aromatic heterocycles. The highest BCUT2D eigenvalue weighted by Crippen LogP contribution is 2.15. The van der Waals surface area contributed by atoms with Crippen molar-refractivity contribution >= 4 is 21.8 Å². The summed E-state index contributed by atoms with van der Waals surface area (Å²) >= 11 is 3.42. The molecule has 106 valence electrons. The molecule has 0 bridgehead atoms. The molecule has 4 nitrogen and oxygen atoms in total. The molecule has 0 spiro atoms. The molecule has 1 saturated heterocycles. The molecule has 1 aliphatic rings. The first-order chi connectivity index (χ1) is 9.11. The third kappa shape index (κ3) is 3.60. The number of carbonyl (C=O) groups excluding carboxylic acids is 1. The number of aromatic nitrogens is 1. The van der Waals surface area contributed by atoms with E-state index in [-0.39, 0.29) is 5.91 Å². The van der Waals surface area contributed by atoms with Crippen molar-refractivity contribution in [3.63, 3.8) is 0 Å². The first kappa shape index (κ1) is 14.6. The fourth-order valence-electron chi connectivity index (χ4n) is 2.57. The summed E-state index contributed by atoms with van der Waals surface area (Å²) in [5, 5.41) is 3.04. The van der Waals surface area contributed by atoms with Gasteiger partial charge in [-0.1, -0.05) is 0 Å². The molecule has 1 aromatic rings. The van der Waals surface area contributed by atoms with E-state index in [1.54, 1.807) is 0 Å². The summed E-state index contributed by atoms with van der Waals surface area (Å²) in [6, 6.07) is 2.29. The van der Waals surface area contributed by atoms with Crippen molar-refractivity contribution in [3.05, 3.63) is 22.4 Å². The summed E-state index contributed by atoms with van der Waals surface area (Å²) in [6.45, 7) is 8.06. The van der Waals surface area contributed by atoms with E-state index < -0.39 is 0 Å². The maximum atomic E-state index is 12.2. The van der Waals surface area contributed by atoms with Gasteiger partial charge in [-0.05, 0) is 61.8 Å². The summed E-state index contributed by atoms with van der Waals surface area (Å²) < 4.78 is 2.91. The lowest BCUT2D eigenvalue weighted by molar-refractivity contribution is 0.0931. The molecule has 19 heavy (non-hydrogen) atoms. The van der Waals surface area contributed by atoms with Gasteiger partial charge >= 0.3 is 0 Å². The van der Waals surface area contributed by atoms with Gasteiger partial charge in [-0.15, -0.1) is 0 Å². The molecule has 2 rings (SSSR count). The van der Waals surface area contributed by atoms with Gasteiger partial charge in [0.1, 0.15) is 5.69 Å². The zero-order valence-electron chi connectivity index (χ0n) is 11.7. The molecule has 0 radical (unpaired) electrons. The van der Waals surface area contributed by atoms with Crippen LogP contribution in [0.3, 0.4) is 0 Å². The highest BCUT2D eigenvalue weighted by molar-refractivity contribution is 9.10. The van der Waals surface area contributed by atoms with E-state index in [1.807, 2.05) is 23.8 Å². The van der Waals surface area contributed by atoms with Crippen LogP contribution in [0.15, 0.2) is 16.7 Å². The van der Waals surface area contributed by atoms with Gasteiger partial charge in [-0.3, -0.25) is 9.69 Å². The number of hydrogen-bond acceptors (Lipinski definition) is 2. The second-order valence-corrected chi connectivity index (χ2v) is 6.05. The number of aryl methyl sites for hydroxylation is 1. The van der Waals surface area contributed by atoms with E-state index >= 15 is 0 Å². The summed E-state index contributed by atoms with van der Waals surface area (Å²) in [5.74, 6) is 0.0126. The Bertz CT molecular complexity index is 438. The van der Waals surface area contributed by atoms with E-state index in [1.165, 1.54) is 12.8 Å². The highest BCUT2D eigenvalue weighted by atomic mass is 79.9. The number of amides is 1. The van der Waals surface area contributed by atoms with Crippen LogP contribution in [0.2, 0.25) is 0 Å². The van der Waals surface area contributed by atoms with Crippen LogP contribution in [-0.2, 0) is 6.54 Å². The topological polar surface area (TPSA) is 37.3 Å². The van der Waals surface area contributed by atoms with Crippen molar-refractivity contribution in [1.82, 2.24) is 14.8 Å². The smallest absolute Gasteiger partial charge is 0.267 e. The van der Waals surface area contributed by atoms with Gasteiger partial charge in [-0.25, -0.2) is 0 Å². The minimum atomic E-state index is 0.0126. The maximum absolute atomic E-state index is 12.2. The average Bonchev–Trinajstić information content (AvgIpc) is 3.04. The minimum Gasteiger partial charge on any atom is -0.349 e. The molecular formula is C14H22BrN3O. The van der Waals surface area contributed by atoms with Crippen LogP contribution in [0.4, 0.5) is 0 Å². The van der Waals surface area contributed by atoms with E-state index in [0.717, 1.165) is 29.8 Å². The summed E-state index contributed by atoms with van der Waals surface area (Å²) in [4.78, 5) is 14.6. The molecule has 0 aromatic carbocycles. The van der Waals surface area contributed by atoms with Gasteiger partial charge in [0.2, 0.25) is 0 Å². The molecule has 1 aliphatic heterocycles. The quantitative estimate of drug-likeness (QED) is 0.902. The third-order valence-corrected chi connectivity index (χ3v) is 4.19. The van der Waals surface area contributed by atoms with Crippen molar-refractivity contribution in [2.45, 2.75) is 39.3 Å². The van der Waals surface area contributed by atoms with Gasteiger partial charge in [-0.2, -0.15) is 0 Å². The summed E-state index contributed by atoms with van der Waals surface area (Å²) in [7, 11) is 0. The normalized spacial score (nSPS) is 17.6. The molecule has 1 amide bonds. The molecule has 0 saturated carbocycles. The van der Waals surface area contributed by atoms with Crippen LogP contribution in [0, 0.1) is 0 Å². The molecule has 1 fully saturated rings. The van der Waals surface area contributed by atoms with Gasteiger partial charge in [0.25, 0.3) is 5.91 Å². The lowest BCUT2D eigenvalue weighted by Crippen LogP contribution is -2.41. The largest absolute Gasteiger partial charge is 0.349 e. The van der Waals surface area contributed by atoms with Crippen molar-refractivity contribution in [2.75, 3.05) is 19.6 Å². The molecule has 2 heterocycles. The molecule has 1 unspecified atom stereocenters. The predicted molar refractivity (Wildman–Crippen MR) is 80.4 cm³/mol. The monoisotopic (exact) mass is 327 g/mol. The number of nitrogens with zero attached hydrogens (tertiary/aromatic N) is 2. The van der Waals surface area contributed by atoms with Gasteiger partial charge in [0.05, 0.1) is 0 Å². The number of nitrogens with one attached hydrogen (secondary N) is 1. The number of carbonyl (C=O) groups is 1.